The molecule has 2 aliphatic rings. The number of hydrogen-bond acceptors (Lipinski definition) is 6. The number of piperidine rings is 1. The largest absolute Gasteiger partial charge is 0.442 e. The maximum atomic E-state index is 14.5. The minimum atomic E-state index is -1.12. The smallest absolute Gasteiger partial charge is 0.414 e. The number of aliphatic hydroxyl groups is 1. The number of nitrogens with zero attached hydrogens (tertiary/aromatic N) is 2. The van der Waals surface area contributed by atoms with E-state index in [9.17, 15) is 23.9 Å². The fourth-order valence-corrected chi connectivity index (χ4v) is 3.05. The molecule has 2 atom stereocenters. The number of β-amino-alcohol motifs (C(OH)–C–C–N with tert-alkyl or cyclic N) is 1. The van der Waals surface area contributed by atoms with E-state index in [-0.39, 0.29) is 43.4 Å². The molecule has 9 heteroatoms. The number of Topliss-reactive ketones (excluding diaryl/α,β-unsaturated/α-hetero) is 1. The zero-order chi connectivity index (χ0) is 18.8. The summed E-state index contributed by atoms with van der Waals surface area (Å²) in [5.41, 5.74) is 0.609. The highest BCUT2D eigenvalue weighted by atomic mass is 19.1. The van der Waals surface area contributed by atoms with Gasteiger partial charge in [-0.1, -0.05) is 0 Å². The van der Waals surface area contributed by atoms with E-state index in [1.165, 1.54) is 24.0 Å². The van der Waals surface area contributed by atoms with Crippen molar-refractivity contribution in [1.29, 1.82) is 0 Å². The molecule has 1 unspecified atom stereocenters. The van der Waals surface area contributed by atoms with Gasteiger partial charge in [-0.2, -0.15) is 0 Å². The van der Waals surface area contributed by atoms with Gasteiger partial charge in [0.1, 0.15) is 18.0 Å². The fraction of sp³-hybridized carbons (Fsp3) is 0.471. The molecule has 1 aromatic carbocycles. The number of nitrogens with one attached hydrogen (secondary N) is 1. The van der Waals surface area contributed by atoms with Crippen molar-refractivity contribution in [2.24, 2.45) is 0 Å². The molecule has 2 heterocycles. The maximum Gasteiger partial charge on any atom is 0.414 e. The van der Waals surface area contributed by atoms with Gasteiger partial charge < -0.3 is 20.1 Å². The number of amides is 2. The molecule has 1 aromatic rings. The molecule has 140 valence electrons. The average Bonchev–Trinajstić information content (AvgIpc) is 2.96. The molecule has 0 saturated carbocycles. The Labute approximate surface area is 149 Å². The number of aliphatic hydroxyl groups excluding tert-OH is 1. The van der Waals surface area contributed by atoms with Gasteiger partial charge in [-0.05, 0) is 18.2 Å². The summed E-state index contributed by atoms with van der Waals surface area (Å²) in [7, 11) is 0. The zero-order valence-electron chi connectivity index (χ0n) is 14.3. The molecular weight excluding hydrogens is 345 g/mol. The molecule has 0 bridgehead atoms. The number of hydrogen-bond donors (Lipinski definition) is 2. The van der Waals surface area contributed by atoms with E-state index >= 15 is 0 Å². The van der Waals surface area contributed by atoms with Crippen LogP contribution in [0.25, 0.3) is 0 Å². The second-order valence-electron chi connectivity index (χ2n) is 6.37. The first-order valence-corrected chi connectivity index (χ1v) is 8.33. The Morgan fingerprint density at radius 1 is 1.38 bits per heavy atom. The van der Waals surface area contributed by atoms with Crippen molar-refractivity contribution in [3.8, 4) is 0 Å². The number of ether oxygens (including phenoxy) is 1. The van der Waals surface area contributed by atoms with Gasteiger partial charge in [0, 0.05) is 19.9 Å². The topological polar surface area (TPSA) is 99.2 Å². The van der Waals surface area contributed by atoms with Crippen LogP contribution in [-0.2, 0) is 14.3 Å². The van der Waals surface area contributed by atoms with Gasteiger partial charge in [-0.3, -0.25) is 14.5 Å². The summed E-state index contributed by atoms with van der Waals surface area (Å²) in [6, 6.07) is 4.32. The summed E-state index contributed by atoms with van der Waals surface area (Å²) < 4.78 is 19.7. The van der Waals surface area contributed by atoms with Crippen molar-refractivity contribution in [3.05, 3.63) is 24.0 Å². The van der Waals surface area contributed by atoms with Gasteiger partial charge in [-0.15, -0.1) is 0 Å². The molecule has 2 saturated heterocycles. The number of cyclic esters (lactones) is 1. The first kappa shape index (κ1) is 18.1. The lowest BCUT2D eigenvalue weighted by Gasteiger charge is -2.31. The van der Waals surface area contributed by atoms with Gasteiger partial charge >= 0.3 is 6.09 Å². The number of anilines is 2. The molecule has 2 amide bonds. The molecular formula is C17H20FN3O5. The Morgan fingerprint density at radius 3 is 2.81 bits per heavy atom. The highest BCUT2D eigenvalue weighted by Crippen LogP contribution is 2.29. The Bertz CT molecular complexity index is 741. The molecule has 0 spiro atoms. The maximum absolute atomic E-state index is 14.5. The Morgan fingerprint density at radius 2 is 2.15 bits per heavy atom. The standard InChI is InChI=1S/C17H20FN3O5/c1-10(22)19-7-12-8-21(17(25)26-12)11-2-3-14(13(18)6-11)20-5-4-15(23)16(24)9-20/h2-3,6,12,16,24H,4-5,7-9H2,1H3,(H,19,22)/t12-,16?/m0/s1. The SMILES string of the molecule is CC(=O)NC[C@H]1CN(c2ccc(N3CCC(=O)C(O)C3)c(F)c2)C(=O)O1. The lowest BCUT2D eigenvalue weighted by Crippen LogP contribution is -2.44. The summed E-state index contributed by atoms with van der Waals surface area (Å²) in [5.74, 6) is -1.03. The molecule has 2 aliphatic heterocycles. The Kier molecular flexibility index (Phi) is 5.08. The van der Waals surface area contributed by atoms with Gasteiger partial charge in [0.05, 0.1) is 31.0 Å². The van der Waals surface area contributed by atoms with E-state index in [0.29, 0.717) is 12.2 Å². The fourth-order valence-electron chi connectivity index (χ4n) is 3.05. The molecule has 26 heavy (non-hydrogen) atoms. The monoisotopic (exact) mass is 365 g/mol. The minimum Gasteiger partial charge on any atom is -0.442 e. The quantitative estimate of drug-likeness (QED) is 0.803. The van der Waals surface area contributed by atoms with Gasteiger partial charge in [-0.25, -0.2) is 9.18 Å². The lowest BCUT2D eigenvalue weighted by molar-refractivity contribution is -0.127. The molecule has 3 rings (SSSR count). The third-order valence-electron chi connectivity index (χ3n) is 4.43. The van der Waals surface area contributed by atoms with Crippen LogP contribution in [0.2, 0.25) is 0 Å². The molecule has 0 aliphatic carbocycles. The number of carbonyl (C=O) groups excluding carboxylic acids is 3. The first-order valence-electron chi connectivity index (χ1n) is 8.33. The van der Waals surface area contributed by atoms with Crippen LogP contribution in [-0.4, -0.2) is 61.3 Å². The summed E-state index contributed by atoms with van der Waals surface area (Å²) in [6.07, 6.45) is -2.07. The average molecular weight is 365 g/mol. The normalized spacial score (nSPS) is 23.2. The van der Waals surface area contributed by atoms with Crippen LogP contribution < -0.4 is 15.1 Å². The second kappa shape index (κ2) is 7.28. The van der Waals surface area contributed by atoms with Crippen molar-refractivity contribution in [1.82, 2.24) is 5.32 Å². The third-order valence-corrected chi connectivity index (χ3v) is 4.43. The van der Waals surface area contributed by atoms with Crippen LogP contribution in [0.4, 0.5) is 20.6 Å². The summed E-state index contributed by atoms with van der Waals surface area (Å²) in [4.78, 5) is 37.2. The lowest BCUT2D eigenvalue weighted by atomic mass is 10.1. The number of benzene rings is 1. The van der Waals surface area contributed by atoms with E-state index in [1.807, 2.05) is 0 Å². The van der Waals surface area contributed by atoms with Crippen molar-refractivity contribution < 1.29 is 28.6 Å². The van der Waals surface area contributed by atoms with Crippen LogP contribution in [0.5, 0.6) is 0 Å². The molecule has 8 nitrogen and oxygen atoms in total. The van der Waals surface area contributed by atoms with E-state index in [2.05, 4.69) is 5.32 Å². The Hall–Kier alpha value is -2.68. The van der Waals surface area contributed by atoms with Crippen LogP contribution in [0.3, 0.4) is 0 Å². The van der Waals surface area contributed by atoms with Gasteiger partial charge in [0.25, 0.3) is 0 Å². The van der Waals surface area contributed by atoms with Crippen LogP contribution in [0.15, 0.2) is 18.2 Å². The number of carbonyl (C=O) groups is 3. The summed E-state index contributed by atoms with van der Waals surface area (Å²) in [6.45, 7) is 2.14. The molecule has 2 fully saturated rings. The number of rotatable bonds is 4. The van der Waals surface area contributed by atoms with Gasteiger partial charge in [0.15, 0.2) is 5.78 Å². The Balaban J connectivity index is 1.70. The van der Waals surface area contributed by atoms with E-state index in [1.54, 1.807) is 11.0 Å². The predicted octanol–water partition coefficient (Wildman–Crippen LogP) is 0.427. The van der Waals surface area contributed by atoms with Crippen molar-refractivity contribution in [2.45, 2.75) is 25.6 Å². The number of ketones is 1. The van der Waals surface area contributed by atoms with E-state index in [4.69, 9.17) is 4.74 Å². The van der Waals surface area contributed by atoms with Crippen LogP contribution in [0, 0.1) is 5.82 Å². The molecule has 0 radical (unpaired) electrons. The minimum absolute atomic E-state index is 0.0413. The highest BCUT2D eigenvalue weighted by Gasteiger charge is 2.33. The van der Waals surface area contributed by atoms with E-state index in [0.717, 1.165) is 0 Å². The van der Waals surface area contributed by atoms with Crippen molar-refractivity contribution in [3.63, 3.8) is 0 Å². The van der Waals surface area contributed by atoms with Crippen molar-refractivity contribution in [2.75, 3.05) is 36.0 Å². The third kappa shape index (κ3) is 3.77. The summed E-state index contributed by atoms with van der Waals surface area (Å²) in [5, 5.41) is 12.2. The zero-order valence-corrected chi connectivity index (χ0v) is 14.3. The summed E-state index contributed by atoms with van der Waals surface area (Å²) >= 11 is 0. The van der Waals surface area contributed by atoms with Crippen LogP contribution >= 0.6 is 0 Å². The molecule has 0 aromatic heterocycles. The highest BCUT2D eigenvalue weighted by molar-refractivity contribution is 5.90. The second-order valence-corrected chi connectivity index (χ2v) is 6.37. The van der Waals surface area contributed by atoms with E-state index < -0.39 is 24.1 Å². The van der Waals surface area contributed by atoms with Gasteiger partial charge in [0.2, 0.25) is 5.91 Å². The number of halogens is 1. The molecule has 2 N–H and O–H groups in total. The first-order chi connectivity index (χ1) is 12.3. The van der Waals surface area contributed by atoms with Crippen LogP contribution in [0.1, 0.15) is 13.3 Å². The predicted molar refractivity (Wildman–Crippen MR) is 90.5 cm³/mol. The van der Waals surface area contributed by atoms with Crippen molar-refractivity contribution >= 4 is 29.2 Å².